The van der Waals surface area contributed by atoms with Gasteiger partial charge in [0.2, 0.25) is 5.79 Å². The highest BCUT2D eigenvalue weighted by atomic mass is 16.7. The maximum atomic E-state index is 13.0. The zero-order valence-corrected chi connectivity index (χ0v) is 27.9. The number of rotatable bonds is 16. The van der Waals surface area contributed by atoms with Gasteiger partial charge in [-0.1, -0.05) is 110 Å². The zero-order chi connectivity index (χ0) is 35.7. The van der Waals surface area contributed by atoms with E-state index in [0.717, 1.165) is 11.1 Å². The van der Waals surface area contributed by atoms with E-state index in [1.807, 2.05) is 103 Å². The van der Waals surface area contributed by atoms with E-state index in [0.29, 0.717) is 16.9 Å². The van der Waals surface area contributed by atoms with E-state index in [1.165, 1.54) is 13.8 Å². The first-order chi connectivity index (χ1) is 24.1. The number of benzene rings is 4. The molecular weight excluding hydrogens is 624 g/mol. The molecule has 4 aromatic rings. The van der Waals surface area contributed by atoms with Crippen LogP contribution in [-0.2, 0) is 54.8 Å². The summed E-state index contributed by atoms with van der Waals surface area (Å²) in [6.45, 7) is 2.53. The van der Waals surface area contributed by atoms with Gasteiger partial charge in [-0.05, 0) is 41.3 Å². The van der Waals surface area contributed by atoms with Crippen molar-refractivity contribution in [1.29, 1.82) is 0 Å². The van der Waals surface area contributed by atoms with E-state index in [1.54, 1.807) is 19.2 Å². The van der Waals surface area contributed by atoms with Crippen molar-refractivity contribution in [2.45, 2.75) is 75.9 Å². The number of carbonyl (C=O) groups is 2. The fourth-order valence-electron chi connectivity index (χ4n) is 6.27. The second-order valence-electron chi connectivity index (χ2n) is 12.3. The molecule has 1 aliphatic heterocycles. The van der Waals surface area contributed by atoms with E-state index in [9.17, 15) is 19.8 Å². The molecule has 9 nitrogen and oxygen atoms in total. The van der Waals surface area contributed by atoms with Crippen LogP contribution in [0.2, 0.25) is 0 Å². The molecule has 258 valence electrons. The molecule has 49 heavy (non-hydrogen) atoms. The van der Waals surface area contributed by atoms with E-state index in [-0.39, 0.29) is 26.2 Å². The highest BCUT2D eigenvalue weighted by Gasteiger charge is 2.69. The van der Waals surface area contributed by atoms with Gasteiger partial charge in [0.25, 0.3) is 0 Å². The van der Waals surface area contributed by atoms with Crippen molar-refractivity contribution >= 4 is 12.0 Å². The van der Waals surface area contributed by atoms with Crippen LogP contribution in [0.3, 0.4) is 0 Å². The SMILES string of the molecule is [2H]C(=O)C(C)C1(O)O[C@H](C(O)C(C)=O)[C@H](OCc2ccccc2)[C@H](OCc2ccccc2)[C@@]1(Cc1ccccc1)OCc1ccc(OC)cc1. The van der Waals surface area contributed by atoms with Crippen LogP contribution in [0.15, 0.2) is 115 Å². The zero-order valence-electron chi connectivity index (χ0n) is 28.9. The smallest absolute Gasteiger partial charge is 0.208 e. The molecule has 0 aromatic heterocycles. The monoisotopic (exact) mass is 669 g/mol. The molecule has 0 bridgehead atoms. The number of Topliss-reactive ketones (excluding diaryl/α,β-unsaturated/α-hetero) is 1. The third-order valence-corrected chi connectivity index (χ3v) is 9.02. The van der Waals surface area contributed by atoms with Crippen LogP contribution < -0.4 is 4.74 Å². The van der Waals surface area contributed by atoms with Crippen LogP contribution in [-0.4, -0.2) is 65.2 Å². The molecule has 1 saturated heterocycles. The van der Waals surface area contributed by atoms with Crippen molar-refractivity contribution in [3.8, 4) is 5.75 Å². The molecule has 0 spiro atoms. The molecule has 1 aliphatic rings. The van der Waals surface area contributed by atoms with Crippen LogP contribution in [0.4, 0.5) is 0 Å². The first-order valence-electron chi connectivity index (χ1n) is 16.8. The first-order valence-corrected chi connectivity index (χ1v) is 16.3. The fourth-order valence-corrected chi connectivity index (χ4v) is 6.27. The third kappa shape index (κ3) is 8.16. The molecule has 1 heterocycles. The van der Waals surface area contributed by atoms with Crippen LogP contribution >= 0.6 is 0 Å². The lowest BCUT2D eigenvalue weighted by Gasteiger charge is -2.59. The first kappa shape index (κ1) is 34.6. The van der Waals surface area contributed by atoms with Gasteiger partial charge in [-0.2, -0.15) is 0 Å². The van der Waals surface area contributed by atoms with Crippen molar-refractivity contribution in [2.24, 2.45) is 5.92 Å². The maximum Gasteiger partial charge on any atom is 0.208 e. The molecular formula is C40H44O9. The Morgan fingerprint density at radius 1 is 0.837 bits per heavy atom. The summed E-state index contributed by atoms with van der Waals surface area (Å²) in [5.74, 6) is -4.14. The quantitative estimate of drug-likeness (QED) is 0.155. The Morgan fingerprint density at radius 2 is 1.35 bits per heavy atom. The standard InChI is InChI=1S/C40H44O9/c1-28(24-41)40(44)39(23-30-13-7-4-8-14-30,48-27-33-19-21-34(45-3)22-20-33)38(47-26-32-17-11-6-12-18-32)37(36(49-40)35(43)29(2)42)46-25-31-15-9-5-10-16-31/h4-22,24,28,35-38,43-44H,23,25-27H2,1-3H3/t28?,35?,36-,37+,38+,39-,40?/m1/s1/i24D. The summed E-state index contributed by atoms with van der Waals surface area (Å²) in [5.41, 5.74) is 1.05. The topological polar surface area (TPSA) is 121 Å². The maximum absolute atomic E-state index is 13.0. The number of aliphatic hydroxyl groups is 2. The molecule has 7 atom stereocenters. The summed E-state index contributed by atoms with van der Waals surface area (Å²) in [6.07, 6.45) is -6.99. The molecule has 3 unspecified atom stereocenters. The average molecular weight is 670 g/mol. The molecule has 5 rings (SSSR count). The number of methoxy groups -OCH3 is 1. The minimum Gasteiger partial charge on any atom is -0.497 e. The molecule has 0 amide bonds. The number of ether oxygens (including phenoxy) is 5. The van der Waals surface area contributed by atoms with Gasteiger partial charge in [-0.25, -0.2) is 0 Å². The van der Waals surface area contributed by atoms with Crippen LogP contribution in [0.1, 0.15) is 37.5 Å². The molecule has 1 fully saturated rings. The van der Waals surface area contributed by atoms with Gasteiger partial charge in [-0.15, -0.1) is 0 Å². The molecule has 0 radical (unpaired) electrons. The molecule has 4 aromatic carbocycles. The van der Waals surface area contributed by atoms with E-state index < -0.39 is 53.8 Å². The lowest BCUT2D eigenvalue weighted by molar-refractivity contribution is -0.421. The number of aldehydes is 1. The Kier molecular flexibility index (Phi) is 11.6. The fraction of sp³-hybridized carbons (Fsp3) is 0.350. The molecule has 0 saturated carbocycles. The Bertz CT molecular complexity index is 1670. The lowest BCUT2D eigenvalue weighted by Crippen LogP contribution is -2.78. The molecule has 0 aliphatic carbocycles. The van der Waals surface area contributed by atoms with Gasteiger partial charge in [0.1, 0.15) is 37.8 Å². The van der Waals surface area contributed by atoms with Crippen molar-refractivity contribution in [2.75, 3.05) is 7.11 Å². The highest BCUT2D eigenvalue weighted by molar-refractivity contribution is 5.81. The van der Waals surface area contributed by atoms with Crippen LogP contribution in [0, 0.1) is 5.92 Å². The summed E-state index contributed by atoms with van der Waals surface area (Å²) in [4.78, 5) is 25.8. The number of hydrogen-bond donors (Lipinski definition) is 2. The largest absolute Gasteiger partial charge is 0.497 e. The number of carbonyl (C=O) groups excluding carboxylic acids is 2. The van der Waals surface area contributed by atoms with Gasteiger partial charge in [0.15, 0.2) is 11.4 Å². The van der Waals surface area contributed by atoms with E-state index >= 15 is 0 Å². The summed E-state index contributed by atoms with van der Waals surface area (Å²) >= 11 is 0. The van der Waals surface area contributed by atoms with Crippen LogP contribution in [0.5, 0.6) is 5.75 Å². The lowest BCUT2D eigenvalue weighted by atomic mass is 9.70. The molecule has 2 N–H and O–H groups in total. The second-order valence-corrected chi connectivity index (χ2v) is 12.3. The van der Waals surface area contributed by atoms with Crippen molar-refractivity contribution in [3.05, 3.63) is 138 Å². The number of ketones is 1. The van der Waals surface area contributed by atoms with Gasteiger partial charge in [-0.3, -0.25) is 4.79 Å². The predicted molar refractivity (Wildman–Crippen MR) is 182 cm³/mol. The predicted octanol–water partition coefficient (Wildman–Crippen LogP) is 5.24. The molecule has 9 heteroatoms. The number of hydrogen-bond acceptors (Lipinski definition) is 9. The number of aliphatic hydroxyl groups excluding tert-OH is 1. The van der Waals surface area contributed by atoms with Gasteiger partial charge in [0, 0.05) is 6.42 Å². The minimum atomic E-state index is -2.61. The van der Waals surface area contributed by atoms with Gasteiger partial charge in [0.05, 0.1) is 32.8 Å². The summed E-state index contributed by atoms with van der Waals surface area (Å²) in [7, 11) is 1.56. The van der Waals surface area contributed by atoms with Crippen molar-refractivity contribution < 1.29 is 44.9 Å². The Balaban J connectivity index is 1.72. The minimum absolute atomic E-state index is 0.0152. The average Bonchev–Trinajstić information content (AvgIpc) is 3.14. The van der Waals surface area contributed by atoms with E-state index in [2.05, 4.69) is 0 Å². The second kappa shape index (κ2) is 16.5. The summed E-state index contributed by atoms with van der Waals surface area (Å²) in [6, 6.07) is 35.1. The Labute approximate surface area is 288 Å². The summed E-state index contributed by atoms with van der Waals surface area (Å²) < 4.78 is 40.1. The van der Waals surface area contributed by atoms with Gasteiger partial charge >= 0.3 is 0 Å². The normalized spacial score (nSPS) is 25.2. The summed E-state index contributed by atoms with van der Waals surface area (Å²) in [5, 5.41) is 24.3. The van der Waals surface area contributed by atoms with Crippen LogP contribution in [0.25, 0.3) is 0 Å². The van der Waals surface area contributed by atoms with Crippen molar-refractivity contribution in [1.82, 2.24) is 0 Å². The Hall–Kier alpha value is -4.22. The van der Waals surface area contributed by atoms with E-state index in [4.69, 9.17) is 25.1 Å². The highest BCUT2D eigenvalue weighted by Crippen LogP contribution is 2.49. The third-order valence-electron chi connectivity index (χ3n) is 9.02. The van der Waals surface area contributed by atoms with Gasteiger partial charge < -0.3 is 38.7 Å². The van der Waals surface area contributed by atoms with Crippen molar-refractivity contribution in [3.63, 3.8) is 0 Å². The Morgan fingerprint density at radius 3 is 1.86 bits per heavy atom.